The van der Waals surface area contributed by atoms with Crippen LogP contribution in [0.25, 0.3) is 0 Å². The largest absolute Gasteiger partial charge is 0.0786 e. The minimum absolute atomic E-state index is 0.214. The van der Waals surface area contributed by atoms with Crippen molar-refractivity contribution in [2.45, 2.75) is 18.2 Å². The molecule has 0 bridgehead atoms. The molecule has 0 aliphatic heterocycles. The molecule has 2 aromatic rings. The lowest BCUT2D eigenvalue weighted by Gasteiger charge is -2.13. The fourth-order valence-electron chi connectivity index (χ4n) is 1.81. The molecule has 0 radical (unpaired) electrons. The molecule has 3 heteroatoms. The van der Waals surface area contributed by atoms with Crippen LogP contribution in [-0.2, 0) is 6.42 Å². The molecule has 18 heavy (non-hydrogen) atoms. The van der Waals surface area contributed by atoms with Gasteiger partial charge in [0.05, 0.1) is 4.83 Å². The second kappa shape index (κ2) is 6.36. The van der Waals surface area contributed by atoms with Crippen molar-refractivity contribution in [2.75, 3.05) is 0 Å². The molecule has 0 spiro atoms. The highest BCUT2D eigenvalue weighted by Gasteiger charge is 2.13. The van der Waals surface area contributed by atoms with E-state index in [-0.39, 0.29) is 4.83 Å². The predicted octanol–water partition coefficient (Wildman–Crippen LogP) is 6.26. The van der Waals surface area contributed by atoms with Crippen molar-refractivity contribution in [3.05, 3.63) is 68.1 Å². The van der Waals surface area contributed by atoms with Gasteiger partial charge in [0, 0.05) is 8.95 Å². The Morgan fingerprint density at radius 3 is 2.22 bits per heavy atom. The van der Waals surface area contributed by atoms with Crippen LogP contribution < -0.4 is 0 Å². The fraction of sp³-hybridized carbons (Fsp3) is 0.200. The summed E-state index contributed by atoms with van der Waals surface area (Å²) in [5.41, 5.74) is 3.88. The molecule has 0 amide bonds. The third-order valence-corrected chi connectivity index (χ3v) is 5.12. The monoisotopic (exact) mass is 430 g/mol. The van der Waals surface area contributed by atoms with Crippen LogP contribution in [0, 0.1) is 0 Å². The van der Waals surface area contributed by atoms with E-state index in [0.29, 0.717) is 0 Å². The third-order valence-electron chi connectivity index (χ3n) is 2.92. The van der Waals surface area contributed by atoms with Gasteiger partial charge in [0.25, 0.3) is 0 Å². The van der Waals surface area contributed by atoms with Crippen molar-refractivity contribution in [3.8, 4) is 0 Å². The van der Waals surface area contributed by atoms with Gasteiger partial charge in [-0.15, -0.1) is 0 Å². The van der Waals surface area contributed by atoms with Crippen LogP contribution in [0.1, 0.15) is 28.4 Å². The van der Waals surface area contributed by atoms with Gasteiger partial charge >= 0.3 is 0 Å². The summed E-state index contributed by atoms with van der Waals surface area (Å²) in [5.74, 6) is 0. The SMILES string of the molecule is CCc1ccc(C(Br)c2ccc(Br)cc2Br)cc1. The number of hydrogen-bond acceptors (Lipinski definition) is 0. The number of hydrogen-bond donors (Lipinski definition) is 0. The van der Waals surface area contributed by atoms with E-state index in [2.05, 4.69) is 97.2 Å². The molecule has 0 aromatic heterocycles. The first kappa shape index (κ1) is 14.3. The molecule has 2 rings (SSSR count). The first-order chi connectivity index (χ1) is 8.61. The van der Waals surface area contributed by atoms with Gasteiger partial charge in [0.1, 0.15) is 0 Å². The molecule has 94 valence electrons. The van der Waals surface area contributed by atoms with Crippen molar-refractivity contribution < 1.29 is 0 Å². The maximum absolute atomic E-state index is 3.77. The Morgan fingerprint density at radius 1 is 1.00 bits per heavy atom. The molecule has 0 heterocycles. The molecular formula is C15H13Br3. The first-order valence-corrected chi connectivity index (χ1v) is 8.30. The lowest BCUT2D eigenvalue weighted by atomic mass is 10.0. The van der Waals surface area contributed by atoms with E-state index in [0.717, 1.165) is 15.4 Å². The number of alkyl halides is 1. The third kappa shape index (κ3) is 3.25. The average molecular weight is 433 g/mol. The zero-order valence-corrected chi connectivity index (χ0v) is 14.7. The number of rotatable bonds is 3. The summed E-state index contributed by atoms with van der Waals surface area (Å²) in [5, 5.41) is 0. The van der Waals surface area contributed by atoms with Gasteiger partial charge < -0.3 is 0 Å². The van der Waals surface area contributed by atoms with Gasteiger partial charge in [-0.1, -0.05) is 85.0 Å². The van der Waals surface area contributed by atoms with Gasteiger partial charge in [-0.3, -0.25) is 0 Å². The smallest absolute Gasteiger partial charge is 0.0655 e. The molecular weight excluding hydrogens is 420 g/mol. The average Bonchev–Trinajstić information content (AvgIpc) is 2.38. The van der Waals surface area contributed by atoms with Crippen molar-refractivity contribution in [1.29, 1.82) is 0 Å². The minimum Gasteiger partial charge on any atom is -0.0786 e. The van der Waals surface area contributed by atoms with Crippen molar-refractivity contribution >= 4 is 47.8 Å². The lowest BCUT2D eigenvalue weighted by Crippen LogP contribution is -1.94. The Labute approximate surface area is 133 Å². The number of aryl methyl sites for hydroxylation is 1. The van der Waals surface area contributed by atoms with Gasteiger partial charge in [-0.2, -0.15) is 0 Å². The van der Waals surface area contributed by atoms with Gasteiger partial charge in [0.2, 0.25) is 0 Å². The minimum atomic E-state index is 0.214. The van der Waals surface area contributed by atoms with Crippen LogP contribution >= 0.6 is 47.8 Å². The van der Waals surface area contributed by atoms with Gasteiger partial charge in [-0.25, -0.2) is 0 Å². The molecule has 0 N–H and O–H groups in total. The van der Waals surface area contributed by atoms with Crippen LogP contribution in [0.4, 0.5) is 0 Å². The van der Waals surface area contributed by atoms with Crippen LogP contribution in [0.3, 0.4) is 0 Å². The summed E-state index contributed by atoms with van der Waals surface area (Å²) in [7, 11) is 0. The van der Waals surface area contributed by atoms with Crippen LogP contribution in [-0.4, -0.2) is 0 Å². The molecule has 1 unspecified atom stereocenters. The van der Waals surface area contributed by atoms with E-state index < -0.39 is 0 Å². The summed E-state index contributed by atoms with van der Waals surface area (Å²) in [6, 6.07) is 15.0. The summed E-state index contributed by atoms with van der Waals surface area (Å²) < 4.78 is 2.19. The lowest BCUT2D eigenvalue weighted by molar-refractivity contribution is 1.11. The summed E-state index contributed by atoms with van der Waals surface area (Å²) in [6.45, 7) is 2.17. The van der Waals surface area contributed by atoms with Crippen molar-refractivity contribution in [3.63, 3.8) is 0 Å². The second-order valence-electron chi connectivity index (χ2n) is 4.12. The van der Waals surface area contributed by atoms with Gasteiger partial charge in [0.15, 0.2) is 0 Å². The van der Waals surface area contributed by atoms with E-state index >= 15 is 0 Å². The van der Waals surface area contributed by atoms with Gasteiger partial charge in [-0.05, 0) is 35.2 Å². The number of benzene rings is 2. The number of halogens is 3. The molecule has 0 aliphatic rings. The first-order valence-electron chi connectivity index (χ1n) is 5.79. The highest BCUT2D eigenvalue weighted by Crippen LogP contribution is 2.36. The molecule has 0 saturated carbocycles. The molecule has 0 saturated heterocycles. The Morgan fingerprint density at radius 2 is 1.67 bits per heavy atom. The van der Waals surface area contributed by atoms with Crippen LogP contribution in [0.2, 0.25) is 0 Å². The zero-order valence-electron chi connectivity index (χ0n) is 9.96. The summed E-state index contributed by atoms with van der Waals surface area (Å²) >= 11 is 10.9. The Hall–Kier alpha value is -0.120. The van der Waals surface area contributed by atoms with Crippen LogP contribution in [0.15, 0.2) is 51.4 Å². The highest BCUT2D eigenvalue weighted by atomic mass is 79.9. The molecule has 2 aromatic carbocycles. The topological polar surface area (TPSA) is 0 Å². The quantitative estimate of drug-likeness (QED) is 0.502. The Kier molecular flexibility index (Phi) is 5.05. The Balaban J connectivity index is 2.31. The zero-order chi connectivity index (χ0) is 13.1. The molecule has 0 aliphatic carbocycles. The van der Waals surface area contributed by atoms with E-state index in [1.54, 1.807) is 0 Å². The molecule has 0 fully saturated rings. The van der Waals surface area contributed by atoms with E-state index in [4.69, 9.17) is 0 Å². The summed E-state index contributed by atoms with van der Waals surface area (Å²) in [6.07, 6.45) is 1.08. The predicted molar refractivity (Wildman–Crippen MR) is 88.4 cm³/mol. The van der Waals surface area contributed by atoms with E-state index in [1.165, 1.54) is 16.7 Å². The van der Waals surface area contributed by atoms with Crippen LogP contribution in [0.5, 0.6) is 0 Å². The van der Waals surface area contributed by atoms with E-state index in [1.807, 2.05) is 0 Å². The van der Waals surface area contributed by atoms with E-state index in [9.17, 15) is 0 Å². The summed E-state index contributed by atoms with van der Waals surface area (Å²) in [4.78, 5) is 0.214. The maximum atomic E-state index is 3.77. The normalized spacial score (nSPS) is 12.4. The second-order valence-corrected chi connectivity index (χ2v) is 6.81. The Bertz CT molecular complexity index is 532. The standard InChI is InChI=1S/C15H13Br3/c1-2-10-3-5-11(6-4-10)15(18)13-8-7-12(16)9-14(13)17/h3-9,15H,2H2,1H3. The maximum Gasteiger partial charge on any atom is 0.0655 e. The molecule has 0 nitrogen and oxygen atoms in total. The van der Waals surface area contributed by atoms with Crippen molar-refractivity contribution in [1.82, 2.24) is 0 Å². The highest BCUT2D eigenvalue weighted by molar-refractivity contribution is 9.11. The van der Waals surface area contributed by atoms with Crippen molar-refractivity contribution in [2.24, 2.45) is 0 Å². The molecule has 1 atom stereocenters. The fourth-order valence-corrected chi connectivity index (χ4v) is 4.10.